The second-order valence-corrected chi connectivity index (χ2v) is 6.53. The standard InChI is InChI=1S/C19H12BrClF2O2/c1-2-25-19-15(22)7-10(8-16(19)23)18(24)13-9-14(20)11-5-3-4-6-12(11)17(13)21/h3-9H,2H2,1H3. The molecule has 0 N–H and O–H groups in total. The Hall–Kier alpha value is -1.98. The molecule has 0 atom stereocenters. The molecule has 0 heterocycles. The molecule has 128 valence electrons. The average Bonchev–Trinajstić information content (AvgIpc) is 2.60. The fraction of sp³-hybridized carbons (Fsp3) is 0.105. The van der Waals surface area contributed by atoms with E-state index in [1.54, 1.807) is 25.1 Å². The summed E-state index contributed by atoms with van der Waals surface area (Å²) in [6.07, 6.45) is 0. The summed E-state index contributed by atoms with van der Waals surface area (Å²) in [6, 6.07) is 10.7. The van der Waals surface area contributed by atoms with Crippen LogP contribution in [0.15, 0.2) is 46.9 Å². The summed E-state index contributed by atoms with van der Waals surface area (Å²) in [5, 5.41) is 1.75. The van der Waals surface area contributed by atoms with Crippen molar-refractivity contribution < 1.29 is 18.3 Å². The Kier molecular flexibility index (Phi) is 5.06. The number of carbonyl (C=O) groups is 1. The number of fused-ring (bicyclic) bond motifs is 1. The van der Waals surface area contributed by atoms with Crippen LogP contribution in [0, 0.1) is 11.6 Å². The van der Waals surface area contributed by atoms with Crippen molar-refractivity contribution in [2.75, 3.05) is 6.61 Å². The molecule has 0 unspecified atom stereocenters. The molecule has 0 saturated heterocycles. The smallest absolute Gasteiger partial charge is 0.194 e. The van der Waals surface area contributed by atoms with Gasteiger partial charge in [0.25, 0.3) is 0 Å². The minimum absolute atomic E-state index is 0.116. The highest BCUT2D eigenvalue weighted by molar-refractivity contribution is 9.10. The SMILES string of the molecule is CCOc1c(F)cc(C(=O)c2cc(Br)c3ccccc3c2Cl)cc1F. The third kappa shape index (κ3) is 3.26. The Morgan fingerprint density at radius 3 is 2.32 bits per heavy atom. The molecule has 0 aliphatic heterocycles. The summed E-state index contributed by atoms with van der Waals surface area (Å²) in [6.45, 7) is 1.73. The summed E-state index contributed by atoms with van der Waals surface area (Å²) in [5.41, 5.74) is 0.0257. The minimum atomic E-state index is -0.929. The summed E-state index contributed by atoms with van der Waals surface area (Å²) >= 11 is 9.77. The van der Waals surface area contributed by atoms with Crippen molar-refractivity contribution >= 4 is 44.1 Å². The number of rotatable bonds is 4. The summed E-state index contributed by atoms with van der Waals surface area (Å²) in [5.74, 6) is -2.93. The Morgan fingerprint density at radius 1 is 1.12 bits per heavy atom. The van der Waals surface area contributed by atoms with E-state index in [-0.39, 0.29) is 22.8 Å². The van der Waals surface area contributed by atoms with Gasteiger partial charge in [0.2, 0.25) is 0 Å². The molecule has 0 bridgehead atoms. The van der Waals surface area contributed by atoms with Gasteiger partial charge in [-0.2, -0.15) is 0 Å². The van der Waals surface area contributed by atoms with Crippen molar-refractivity contribution in [1.29, 1.82) is 0 Å². The van der Waals surface area contributed by atoms with E-state index in [0.29, 0.717) is 9.86 Å². The second-order valence-electron chi connectivity index (χ2n) is 5.30. The van der Waals surface area contributed by atoms with Crippen molar-refractivity contribution in [1.82, 2.24) is 0 Å². The summed E-state index contributed by atoms with van der Waals surface area (Å²) < 4.78 is 33.7. The molecule has 0 aliphatic rings. The molecule has 0 aliphatic carbocycles. The monoisotopic (exact) mass is 424 g/mol. The average molecular weight is 426 g/mol. The zero-order valence-electron chi connectivity index (χ0n) is 13.1. The molecule has 6 heteroatoms. The van der Waals surface area contributed by atoms with E-state index in [1.165, 1.54) is 0 Å². The van der Waals surface area contributed by atoms with Gasteiger partial charge in [-0.25, -0.2) is 8.78 Å². The maximum atomic E-state index is 14.0. The van der Waals surface area contributed by atoms with E-state index in [1.807, 2.05) is 12.1 Å². The van der Waals surface area contributed by atoms with Crippen molar-refractivity contribution in [3.8, 4) is 5.75 Å². The van der Waals surface area contributed by atoms with Crippen molar-refractivity contribution in [3.05, 3.63) is 74.7 Å². The van der Waals surface area contributed by atoms with Gasteiger partial charge in [-0.1, -0.05) is 51.8 Å². The number of ether oxygens (including phenoxy) is 1. The maximum Gasteiger partial charge on any atom is 0.194 e. The van der Waals surface area contributed by atoms with Crippen LogP contribution >= 0.6 is 27.5 Å². The number of ketones is 1. The lowest BCUT2D eigenvalue weighted by atomic mass is 9.99. The number of hydrogen-bond acceptors (Lipinski definition) is 2. The van der Waals surface area contributed by atoms with Crippen molar-refractivity contribution in [2.24, 2.45) is 0 Å². The highest BCUT2D eigenvalue weighted by Gasteiger charge is 2.21. The third-order valence-electron chi connectivity index (χ3n) is 3.72. The largest absolute Gasteiger partial charge is 0.488 e. The Labute approximate surface area is 156 Å². The Balaban J connectivity index is 2.13. The van der Waals surface area contributed by atoms with E-state index in [0.717, 1.165) is 17.5 Å². The van der Waals surface area contributed by atoms with Crippen LogP contribution < -0.4 is 4.74 Å². The lowest BCUT2D eigenvalue weighted by molar-refractivity contribution is 0.103. The van der Waals surface area contributed by atoms with E-state index in [2.05, 4.69) is 15.9 Å². The van der Waals surface area contributed by atoms with Crippen LogP contribution in [-0.4, -0.2) is 12.4 Å². The summed E-state index contributed by atoms with van der Waals surface area (Å²) in [7, 11) is 0. The fourth-order valence-electron chi connectivity index (χ4n) is 2.59. The second kappa shape index (κ2) is 7.10. The molecule has 0 spiro atoms. The molecule has 25 heavy (non-hydrogen) atoms. The first kappa shape index (κ1) is 17.8. The molecule has 0 amide bonds. The minimum Gasteiger partial charge on any atom is -0.488 e. The van der Waals surface area contributed by atoms with Crippen LogP contribution in [-0.2, 0) is 0 Å². The van der Waals surface area contributed by atoms with Gasteiger partial charge in [0, 0.05) is 21.0 Å². The van der Waals surface area contributed by atoms with E-state index in [4.69, 9.17) is 16.3 Å². The number of carbonyl (C=O) groups excluding carboxylic acids is 1. The number of benzene rings is 3. The first-order valence-corrected chi connectivity index (χ1v) is 8.64. The van der Waals surface area contributed by atoms with E-state index >= 15 is 0 Å². The van der Waals surface area contributed by atoms with E-state index in [9.17, 15) is 13.6 Å². The molecule has 0 saturated carbocycles. The quantitative estimate of drug-likeness (QED) is 0.468. The molecule has 0 radical (unpaired) electrons. The topological polar surface area (TPSA) is 26.3 Å². The van der Waals surface area contributed by atoms with Crippen molar-refractivity contribution in [2.45, 2.75) is 6.92 Å². The van der Waals surface area contributed by atoms with Crippen LogP contribution in [0.5, 0.6) is 5.75 Å². The highest BCUT2D eigenvalue weighted by Crippen LogP contribution is 2.35. The molecule has 3 aromatic carbocycles. The molecule has 3 aromatic rings. The van der Waals surface area contributed by atoms with Crippen molar-refractivity contribution in [3.63, 3.8) is 0 Å². The molecule has 3 rings (SSSR count). The molecular weight excluding hydrogens is 414 g/mol. The number of halogens is 4. The lowest BCUT2D eigenvalue weighted by Gasteiger charge is -2.11. The van der Waals surface area contributed by atoms with Gasteiger partial charge in [-0.15, -0.1) is 0 Å². The Bertz CT molecular complexity index is 966. The molecular formula is C19H12BrClF2O2. The molecule has 0 aromatic heterocycles. The van der Waals surface area contributed by atoms with Gasteiger partial charge in [0.1, 0.15) is 0 Å². The zero-order chi connectivity index (χ0) is 18.1. The maximum absolute atomic E-state index is 14.0. The predicted octanol–water partition coefficient (Wildman–Crippen LogP) is 6.16. The zero-order valence-corrected chi connectivity index (χ0v) is 15.4. The van der Waals surface area contributed by atoms with Crippen LogP contribution in [0.2, 0.25) is 5.02 Å². The van der Waals surface area contributed by atoms with Gasteiger partial charge < -0.3 is 4.74 Å². The first-order chi connectivity index (χ1) is 11.9. The van der Waals surface area contributed by atoms with Crippen LogP contribution in [0.4, 0.5) is 8.78 Å². The fourth-order valence-corrected chi connectivity index (χ4v) is 3.47. The van der Waals surface area contributed by atoms with Crippen LogP contribution in [0.1, 0.15) is 22.8 Å². The van der Waals surface area contributed by atoms with Gasteiger partial charge in [-0.05, 0) is 30.5 Å². The van der Waals surface area contributed by atoms with Crippen LogP contribution in [0.3, 0.4) is 0 Å². The summed E-state index contributed by atoms with van der Waals surface area (Å²) in [4.78, 5) is 12.8. The van der Waals surface area contributed by atoms with Gasteiger partial charge in [0.15, 0.2) is 23.2 Å². The number of hydrogen-bond donors (Lipinski definition) is 0. The van der Waals surface area contributed by atoms with Gasteiger partial charge in [0.05, 0.1) is 11.6 Å². The molecule has 0 fully saturated rings. The highest BCUT2D eigenvalue weighted by atomic mass is 79.9. The normalized spacial score (nSPS) is 10.9. The van der Waals surface area contributed by atoms with Crippen LogP contribution in [0.25, 0.3) is 10.8 Å². The van der Waals surface area contributed by atoms with E-state index < -0.39 is 23.2 Å². The Morgan fingerprint density at radius 2 is 1.72 bits per heavy atom. The predicted molar refractivity (Wildman–Crippen MR) is 97.6 cm³/mol. The van der Waals surface area contributed by atoms with Gasteiger partial charge in [-0.3, -0.25) is 4.79 Å². The van der Waals surface area contributed by atoms with Gasteiger partial charge >= 0.3 is 0 Å². The third-order valence-corrected chi connectivity index (χ3v) is 4.79. The first-order valence-electron chi connectivity index (χ1n) is 7.47. The lowest BCUT2D eigenvalue weighted by Crippen LogP contribution is -2.06. The molecule has 2 nitrogen and oxygen atoms in total.